The predicted molar refractivity (Wildman–Crippen MR) is 126 cm³/mol. The van der Waals surface area contributed by atoms with Gasteiger partial charge in [0.1, 0.15) is 11.9 Å². The number of aromatic nitrogens is 2. The standard InChI is InChI=1S/C26H32N4O2/c31-26(27-15-4-17-30-18-5-16-28-30)23-8-10-24(11-9-23)32-25-13-20-29(21-14-25)19-12-22-6-2-1-3-7-22/h1-3,5-11,16,18,25H,4,12-15,17,19-21H2,(H,27,31). The maximum Gasteiger partial charge on any atom is 0.251 e. The van der Waals surface area contributed by atoms with Gasteiger partial charge in [-0.15, -0.1) is 0 Å². The molecule has 32 heavy (non-hydrogen) atoms. The number of ether oxygens (including phenoxy) is 1. The Morgan fingerprint density at radius 2 is 1.78 bits per heavy atom. The number of likely N-dealkylation sites (tertiary alicyclic amines) is 1. The van der Waals surface area contributed by atoms with Gasteiger partial charge < -0.3 is 15.0 Å². The van der Waals surface area contributed by atoms with Gasteiger partial charge in [-0.3, -0.25) is 9.48 Å². The average Bonchev–Trinajstić information content (AvgIpc) is 3.36. The molecule has 0 spiro atoms. The monoisotopic (exact) mass is 432 g/mol. The van der Waals surface area contributed by atoms with Crippen molar-refractivity contribution in [2.24, 2.45) is 0 Å². The molecular formula is C26H32N4O2. The second kappa shape index (κ2) is 11.5. The van der Waals surface area contributed by atoms with Gasteiger partial charge in [0.25, 0.3) is 5.91 Å². The zero-order chi connectivity index (χ0) is 22.0. The highest BCUT2D eigenvalue weighted by atomic mass is 16.5. The van der Waals surface area contributed by atoms with Gasteiger partial charge >= 0.3 is 0 Å². The van der Waals surface area contributed by atoms with Crippen LogP contribution >= 0.6 is 0 Å². The lowest BCUT2D eigenvalue weighted by atomic mass is 10.1. The number of benzene rings is 2. The van der Waals surface area contributed by atoms with Crippen molar-refractivity contribution in [2.75, 3.05) is 26.2 Å². The molecule has 0 radical (unpaired) electrons. The highest BCUT2D eigenvalue weighted by Crippen LogP contribution is 2.20. The first kappa shape index (κ1) is 22.1. The third kappa shape index (κ3) is 6.69. The third-order valence-corrected chi connectivity index (χ3v) is 5.92. The lowest BCUT2D eigenvalue weighted by Crippen LogP contribution is -2.39. The van der Waals surface area contributed by atoms with Crippen LogP contribution in [0.15, 0.2) is 73.1 Å². The molecule has 1 aliphatic rings. The van der Waals surface area contributed by atoms with Gasteiger partial charge in [-0.25, -0.2) is 0 Å². The summed E-state index contributed by atoms with van der Waals surface area (Å²) >= 11 is 0. The number of carbonyl (C=O) groups excluding carboxylic acids is 1. The Morgan fingerprint density at radius 3 is 2.50 bits per heavy atom. The fourth-order valence-corrected chi connectivity index (χ4v) is 4.04. The van der Waals surface area contributed by atoms with Crippen LogP contribution in [0.3, 0.4) is 0 Å². The molecule has 6 heteroatoms. The number of rotatable bonds is 10. The first-order chi connectivity index (χ1) is 15.8. The Morgan fingerprint density at radius 1 is 1.00 bits per heavy atom. The molecule has 0 unspecified atom stereocenters. The van der Waals surface area contributed by atoms with E-state index in [2.05, 4.69) is 45.6 Å². The van der Waals surface area contributed by atoms with E-state index in [0.717, 1.165) is 57.6 Å². The highest BCUT2D eigenvalue weighted by molar-refractivity contribution is 5.94. The van der Waals surface area contributed by atoms with Crippen LogP contribution in [0.5, 0.6) is 5.75 Å². The molecule has 168 valence electrons. The van der Waals surface area contributed by atoms with Crippen molar-refractivity contribution in [3.63, 3.8) is 0 Å². The molecule has 2 aromatic carbocycles. The largest absolute Gasteiger partial charge is 0.490 e. The van der Waals surface area contributed by atoms with Crippen molar-refractivity contribution in [1.82, 2.24) is 20.0 Å². The number of carbonyl (C=O) groups is 1. The smallest absolute Gasteiger partial charge is 0.251 e. The van der Waals surface area contributed by atoms with E-state index < -0.39 is 0 Å². The van der Waals surface area contributed by atoms with Gasteiger partial charge in [-0.05, 0) is 61.6 Å². The van der Waals surface area contributed by atoms with E-state index in [1.165, 1.54) is 5.56 Å². The topological polar surface area (TPSA) is 59.4 Å². The average molecular weight is 433 g/mol. The van der Waals surface area contributed by atoms with E-state index in [1.54, 1.807) is 6.20 Å². The molecule has 0 bridgehead atoms. The molecule has 1 aliphatic heterocycles. The van der Waals surface area contributed by atoms with Crippen molar-refractivity contribution >= 4 is 5.91 Å². The molecule has 3 aromatic rings. The third-order valence-electron chi connectivity index (χ3n) is 5.92. The molecule has 0 saturated carbocycles. The van der Waals surface area contributed by atoms with Crippen LogP contribution in [0, 0.1) is 0 Å². The zero-order valence-electron chi connectivity index (χ0n) is 18.5. The summed E-state index contributed by atoms with van der Waals surface area (Å²) < 4.78 is 8.04. The zero-order valence-corrected chi connectivity index (χ0v) is 18.5. The van der Waals surface area contributed by atoms with Crippen LogP contribution in [-0.2, 0) is 13.0 Å². The van der Waals surface area contributed by atoms with E-state index in [0.29, 0.717) is 12.1 Å². The van der Waals surface area contributed by atoms with Crippen molar-refractivity contribution in [3.8, 4) is 5.75 Å². The van der Waals surface area contributed by atoms with Crippen LogP contribution in [0.4, 0.5) is 0 Å². The van der Waals surface area contributed by atoms with Crippen LogP contribution in [0.25, 0.3) is 0 Å². The van der Waals surface area contributed by atoms with E-state index in [-0.39, 0.29) is 12.0 Å². The number of nitrogens with one attached hydrogen (secondary N) is 1. The van der Waals surface area contributed by atoms with Gasteiger partial charge in [0, 0.05) is 50.7 Å². The first-order valence-corrected chi connectivity index (χ1v) is 11.5. The van der Waals surface area contributed by atoms with Gasteiger partial charge in [0.15, 0.2) is 0 Å². The number of amides is 1. The molecular weight excluding hydrogens is 400 g/mol. The molecule has 0 atom stereocenters. The van der Waals surface area contributed by atoms with Gasteiger partial charge in [0.05, 0.1) is 0 Å². The van der Waals surface area contributed by atoms with Crippen molar-refractivity contribution in [2.45, 2.75) is 38.3 Å². The van der Waals surface area contributed by atoms with E-state index in [1.807, 2.05) is 41.2 Å². The van der Waals surface area contributed by atoms with Gasteiger partial charge in [-0.1, -0.05) is 30.3 Å². The molecule has 6 nitrogen and oxygen atoms in total. The Labute approximate surface area is 190 Å². The summed E-state index contributed by atoms with van der Waals surface area (Å²) in [5.41, 5.74) is 2.06. The van der Waals surface area contributed by atoms with Crippen LogP contribution in [0.2, 0.25) is 0 Å². The Kier molecular flexibility index (Phi) is 7.93. The molecule has 4 rings (SSSR count). The minimum absolute atomic E-state index is 0.0521. The van der Waals surface area contributed by atoms with Gasteiger partial charge in [0.2, 0.25) is 0 Å². The minimum atomic E-state index is -0.0521. The highest BCUT2D eigenvalue weighted by Gasteiger charge is 2.20. The van der Waals surface area contributed by atoms with Crippen LogP contribution < -0.4 is 10.1 Å². The summed E-state index contributed by atoms with van der Waals surface area (Å²) in [6.45, 7) is 4.65. The molecule has 1 saturated heterocycles. The first-order valence-electron chi connectivity index (χ1n) is 11.5. The summed E-state index contributed by atoms with van der Waals surface area (Å²) in [6, 6.07) is 20.1. The molecule has 1 fully saturated rings. The van der Waals surface area contributed by atoms with E-state index in [4.69, 9.17) is 4.74 Å². The summed E-state index contributed by atoms with van der Waals surface area (Å²) in [6.07, 6.45) is 7.94. The quantitative estimate of drug-likeness (QED) is 0.495. The Hall–Kier alpha value is -3.12. The summed E-state index contributed by atoms with van der Waals surface area (Å²) in [5, 5.41) is 7.13. The van der Waals surface area contributed by atoms with Gasteiger partial charge in [-0.2, -0.15) is 5.10 Å². The van der Waals surface area contributed by atoms with E-state index >= 15 is 0 Å². The van der Waals surface area contributed by atoms with Crippen molar-refractivity contribution in [3.05, 3.63) is 84.2 Å². The fourth-order valence-electron chi connectivity index (χ4n) is 4.04. The Balaban J connectivity index is 1.14. The van der Waals surface area contributed by atoms with Crippen LogP contribution in [0.1, 0.15) is 35.2 Å². The number of hydrogen-bond acceptors (Lipinski definition) is 4. The minimum Gasteiger partial charge on any atom is -0.490 e. The molecule has 0 aliphatic carbocycles. The number of piperidine rings is 1. The number of nitrogens with zero attached hydrogens (tertiary/aromatic N) is 3. The molecule has 1 aromatic heterocycles. The maximum absolute atomic E-state index is 12.3. The Bertz CT molecular complexity index is 934. The molecule has 2 heterocycles. The summed E-state index contributed by atoms with van der Waals surface area (Å²) in [5.74, 6) is 0.784. The maximum atomic E-state index is 12.3. The van der Waals surface area contributed by atoms with Crippen molar-refractivity contribution in [1.29, 1.82) is 0 Å². The predicted octanol–water partition coefficient (Wildman–Crippen LogP) is 3.79. The van der Waals surface area contributed by atoms with E-state index in [9.17, 15) is 4.79 Å². The molecule has 1 amide bonds. The summed E-state index contributed by atoms with van der Waals surface area (Å²) in [7, 11) is 0. The fraction of sp³-hybridized carbons (Fsp3) is 0.385. The summed E-state index contributed by atoms with van der Waals surface area (Å²) in [4.78, 5) is 14.8. The lowest BCUT2D eigenvalue weighted by molar-refractivity contribution is 0.0952. The second-order valence-electron chi connectivity index (χ2n) is 8.30. The molecule has 1 N–H and O–H groups in total. The van der Waals surface area contributed by atoms with Crippen LogP contribution in [-0.4, -0.2) is 52.9 Å². The SMILES string of the molecule is O=C(NCCCn1cccn1)c1ccc(OC2CCN(CCc3ccccc3)CC2)cc1. The number of hydrogen-bond donors (Lipinski definition) is 1. The van der Waals surface area contributed by atoms with Crippen molar-refractivity contribution < 1.29 is 9.53 Å². The number of aryl methyl sites for hydroxylation is 1. The lowest BCUT2D eigenvalue weighted by Gasteiger charge is -2.32. The normalized spacial score (nSPS) is 14.9. The second-order valence-corrected chi connectivity index (χ2v) is 8.30.